The molecule has 1 aromatic carbocycles. The molecule has 1 atom stereocenters. The van der Waals surface area contributed by atoms with E-state index in [1.165, 1.54) is 15.7 Å². The highest BCUT2D eigenvalue weighted by molar-refractivity contribution is 9.10. The number of hydrogen-bond acceptors (Lipinski definition) is 2. The zero-order valence-electron chi connectivity index (χ0n) is 9.26. The molecule has 0 aliphatic carbocycles. The molecule has 0 amide bonds. The van der Waals surface area contributed by atoms with Gasteiger partial charge in [-0.2, -0.15) is 0 Å². The first-order valence-electron chi connectivity index (χ1n) is 5.28. The Labute approximate surface area is 99.6 Å². The van der Waals surface area contributed by atoms with E-state index < -0.39 is 0 Å². The fourth-order valence-corrected chi connectivity index (χ4v) is 2.35. The van der Waals surface area contributed by atoms with Gasteiger partial charge in [-0.25, -0.2) is 0 Å². The van der Waals surface area contributed by atoms with Crippen LogP contribution in [0.1, 0.15) is 18.9 Å². The van der Waals surface area contributed by atoms with Crippen molar-refractivity contribution in [3.63, 3.8) is 0 Å². The van der Waals surface area contributed by atoms with Crippen LogP contribution in [0.15, 0.2) is 22.7 Å². The maximum absolute atomic E-state index is 6.12. The van der Waals surface area contributed by atoms with Crippen molar-refractivity contribution >= 4 is 21.6 Å². The molecule has 0 spiro atoms. The highest BCUT2D eigenvalue weighted by atomic mass is 79.9. The summed E-state index contributed by atoms with van der Waals surface area (Å²) >= 11 is 3.56. The third-order valence-corrected chi connectivity index (χ3v) is 3.88. The number of aryl methyl sites for hydroxylation is 1. The Hall–Kier alpha value is -0.540. The predicted molar refractivity (Wildman–Crippen MR) is 68.3 cm³/mol. The fraction of sp³-hybridized carbons (Fsp3) is 0.500. The number of benzene rings is 1. The molecule has 1 unspecified atom stereocenters. The summed E-state index contributed by atoms with van der Waals surface area (Å²) in [4.78, 5) is 2.35. The minimum absolute atomic E-state index is 0.0304. The molecule has 3 heteroatoms. The number of rotatable bonds is 1. The van der Waals surface area contributed by atoms with Crippen molar-refractivity contribution in [3.8, 4) is 0 Å². The lowest BCUT2D eigenvalue weighted by Gasteiger charge is -2.22. The van der Waals surface area contributed by atoms with E-state index >= 15 is 0 Å². The molecular formula is C12H17BrN2. The maximum Gasteiger partial charge on any atom is 0.0378 e. The Bertz CT molecular complexity index is 374. The summed E-state index contributed by atoms with van der Waals surface area (Å²) in [5, 5.41) is 0. The van der Waals surface area contributed by atoms with Gasteiger partial charge in [0.05, 0.1) is 0 Å². The van der Waals surface area contributed by atoms with E-state index in [0.29, 0.717) is 0 Å². The van der Waals surface area contributed by atoms with Crippen molar-refractivity contribution < 1.29 is 0 Å². The quantitative estimate of drug-likeness (QED) is 0.849. The Balaban J connectivity index is 2.21. The zero-order chi connectivity index (χ0) is 11.1. The molecule has 2 nitrogen and oxygen atoms in total. The van der Waals surface area contributed by atoms with Crippen molar-refractivity contribution in [1.29, 1.82) is 0 Å². The lowest BCUT2D eigenvalue weighted by Crippen LogP contribution is -2.39. The van der Waals surface area contributed by atoms with E-state index in [1.807, 2.05) is 0 Å². The maximum atomic E-state index is 6.12. The van der Waals surface area contributed by atoms with Crippen LogP contribution >= 0.6 is 15.9 Å². The molecule has 1 fully saturated rings. The van der Waals surface area contributed by atoms with Gasteiger partial charge in [-0.15, -0.1) is 0 Å². The molecule has 2 rings (SSSR count). The molecule has 1 aromatic rings. The van der Waals surface area contributed by atoms with Crippen LogP contribution in [-0.2, 0) is 0 Å². The van der Waals surface area contributed by atoms with Gasteiger partial charge < -0.3 is 10.6 Å². The van der Waals surface area contributed by atoms with Gasteiger partial charge in [0, 0.05) is 28.8 Å². The highest BCUT2D eigenvalue weighted by Crippen LogP contribution is 2.28. The topological polar surface area (TPSA) is 29.3 Å². The molecule has 1 aliphatic rings. The van der Waals surface area contributed by atoms with Gasteiger partial charge in [-0.05, 0) is 38.0 Å². The number of nitrogens with two attached hydrogens (primary N) is 1. The molecule has 0 aromatic heterocycles. The average molecular weight is 269 g/mol. The third kappa shape index (κ3) is 2.34. The van der Waals surface area contributed by atoms with Crippen LogP contribution in [0.4, 0.5) is 5.69 Å². The Morgan fingerprint density at radius 1 is 1.47 bits per heavy atom. The van der Waals surface area contributed by atoms with Gasteiger partial charge in [-0.1, -0.05) is 22.0 Å². The Morgan fingerprint density at radius 2 is 2.20 bits per heavy atom. The summed E-state index contributed by atoms with van der Waals surface area (Å²) in [6, 6.07) is 6.49. The van der Waals surface area contributed by atoms with Crippen LogP contribution in [0.25, 0.3) is 0 Å². The van der Waals surface area contributed by atoms with Gasteiger partial charge in [0.15, 0.2) is 0 Å². The molecule has 0 radical (unpaired) electrons. The van der Waals surface area contributed by atoms with Crippen LogP contribution in [-0.4, -0.2) is 18.6 Å². The van der Waals surface area contributed by atoms with Crippen LogP contribution in [0.5, 0.6) is 0 Å². The molecule has 15 heavy (non-hydrogen) atoms. The first kappa shape index (κ1) is 11.0. The van der Waals surface area contributed by atoms with E-state index in [2.05, 4.69) is 52.9 Å². The highest BCUT2D eigenvalue weighted by Gasteiger charge is 2.29. The molecule has 1 heterocycles. The van der Waals surface area contributed by atoms with E-state index in [0.717, 1.165) is 19.5 Å². The normalized spacial score (nSPS) is 26.0. The van der Waals surface area contributed by atoms with E-state index in [4.69, 9.17) is 5.73 Å². The summed E-state index contributed by atoms with van der Waals surface area (Å²) in [5.41, 5.74) is 8.63. The molecule has 0 saturated carbocycles. The summed E-state index contributed by atoms with van der Waals surface area (Å²) in [5.74, 6) is 0. The molecule has 82 valence electrons. The SMILES string of the molecule is Cc1ccc(N2CCC(C)(N)C2)cc1Br. The van der Waals surface area contributed by atoms with Gasteiger partial charge in [0.1, 0.15) is 0 Å². The monoisotopic (exact) mass is 268 g/mol. The van der Waals surface area contributed by atoms with Gasteiger partial charge in [0.2, 0.25) is 0 Å². The Morgan fingerprint density at radius 3 is 2.73 bits per heavy atom. The number of halogens is 1. The van der Waals surface area contributed by atoms with E-state index in [1.54, 1.807) is 0 Å². The Kier molecular flexibility index (Phi) is 2.77. The van der Waals surface area contributed by atoms with Crippen LogP contribution in [0.2, 0.25) is 0 Å². The summed E-state index contributed by atoms with van der Waals surface area (Å²) < 4.78 is 1.17. The van der Waals surface area contributed by atoms with Crippen molar-refractivity contribution in [2.75, 3.05) is 18.0 Å². The minimum Gasteiger partial charge on any atom is -0.370 e. The fourth-order valence-electron chi connectivity index (χ4n) is 1.98. The minimum atomic E-state index is -0.0304. The second kappa shape index (κ2) is 3.80. The predicted octanol–water partition coefficient (Wildman–Crippen LogP) is 2.69. The van der Waals surface area contributed by atoms with E-state index in [-0.39, 0.29) is 5.54 Å². The van der Waals surface area contributed by atoms with Crippen molar-refractivity contribution in [3.05, 3.63) is 28.2 Å². The smallest absolute Gasteiger partial charge is 0.0378 e. The third-order valence-electron chi connectivity index (χ3n) is 3.03. The van der Waals surface area contributed by atoms with Crippen molar-refractivity contribution in [2.24, 2.45) is 5.73 Å². The second-order valence-electron chi connectivity index (χ2n) is 4.76. The molecule has 2 N–H and O–H groups in total. The summed E-state index contributed by atoms with van der Waals surface area (Å²) in [7, 11) is 0. The standard InChI is InChI=1S/C12H17BrN2/c1-9-3-4-10(7-11(9)13)15-6-5-12(2,14)8-15/h3-4,7H,5-6,8,14H2,1-2H3. The zero-order valence-corrected chi connectivity index (χ0v) is 10.8. The first-order valence-corrected chi connectivity index (χ1v) is 6.07. The molecule has 0 bridgehead atoms. The molecule has 1 saturated heterocycles. The molecule has 1 aliphatic heterocycles. The lowest BCUT2D eigenvalue weighted by atomic mass is 10.0. The lowest BCUT2D eigenvalue weighted by molar-refractivity contribution is 0.525. The van der Waals surface area contributed by atoms with E-state index in [9.17, 15) is 0 Å². The van der Waals surface area contributed by atoms with Gasteiger partial charge in [0.25, 0.3) is 0 Å². The largest absolute Gasteiger partial charge is 0.370 e. The van der Waals surface area contributed by atoms with Gasteiger partial charge >= 0.3 is 0 Å². The molecular weight excluding hydrogens is 252 g/mol. The second-order valence-corrected chi connectivity index (χ2v) is 5.61. The van der Waals surface area contributed by atoms with Crippen LogP contribution in [0, 0.1) is 6.92 Å². The number of hydrogen-bond donors (Lipinski definition) is 1. The van der Waals surface area contributed by atoms with Crippen LogP contribution in [0.3, 0.4) is 0 Å². The number of anilines is 1. The average Bonchev–Trinajstić information content (AvgIpc) is 2.51. The first-order chi connectivity index (χ1) is 6.98. The summed E-state index contributed by atoms with van der Waals surface area (Å²) in [6.45, 7) is 6.23. The van der Waals surface area contributed by atoms with Gasteiger partial charge in [-0.3, -0.25) is 0 Å². The van der Waals surface area contributed by atoms with Crippen LogP contribution < -0.4 is 10.6 Å². The number of nitrogens with zero attached hydrogens (tertiary/aromatic N) is 1. The summed E-state index contributed by atoms with van der Waals surface area (Å²) in [6.07, 6.45) is 1.07. The van der Waals surface area contributed by atoms with Crippen molar-refractivity contribution in [2.45, 2.75) is 25.8 Å². The van der Waals surface area contributed by atoms with Crippen molar-refractivity contribution in [1.82, 2.24) is 0 Å².